The van der Waals surface area contributed by atoms with E-state index in [4.69, 9.17) is 0 Å². The normalized spacial score (nSPS) is 19.4. The van der Waals surface area contributed by atoms with Gasteiger partial charge < -0.3 is 9.47 Å². The van der Waals surface area contributed by atoms with E-state index in [1.165, 1.54) is 4.90 Å². The molecule has 1 saturated heterocycles. The lowest BCUT2D eigenvalue weighted by Crippen LogP contribution is -2.47. The topological polar surface area (TPSA) is 28.5 Å². The molecule has 1 amide bonds. The second-order valence-corrected chi connectivity index (χ2v) is 7.07. The first-order valence-corrected chi connectivity index (χ1v) is 8.30. The Bertz CT molecular complexity index is 559. The molecular weight excluding hydrogens is 375 g/mol. The summed E-state index contributed by atoms with van der Waals surface area (Å²) in [6, 6.07) is 1.96. The van der Waals surface area contributed by atoms with Crippen molar-refractivity contribution in [3.05, 3.63) is 22.4 Å². The Morgan fingerprint density at radius 2 is 2.17 bits per heavy atom. The van der Waals surface area contributed by atoms with Crippen LogP contribution in [0.3, 0.4) is 0 Å². The summed E-state index contributed by atoms with van der Waals surface area (Å²) < 4.78 is 41.4. The van der Waals surface area contributed by atoms with Gasteiger partial charge in [0.1, 0.15) is 0 Å². The minimum Gasteiger partial charge on any atom is -0.352 e. The number of aryl methyl sites for hydroxylation is 1. The first kappa shape index (κ1) is 18.3. The Morgan fingerprint density at radius 3 is 2.74 bits per heavy atom. The number of hydrogen-bond donors (Lipinski definition) is 0. The molecule has 0 aliphatic carbocycles. The van der Waals surface area contributed by atoms with Gasteiger partial charge in [0.05, 0.1) is 12.5 Å². The number of rotatable bonds is 4. The lowest BCUT2D eigenvalue weighted by molar-refractivity contribution is -0.188. The fraction of sp³-hybridized carbons (Fsp3) is 0.667. The van der Waals surface area contributed by atoms with Crippen LogP contribution in [-0.2, 0) is 18.4 Å². The number of carbonyl (C=O) groups excluding carboxylic acids is 1. The molecule has 1 fully saturated rings. The molecule has 0 aromatic carbocycles. The smallest absolute Gasteiger partial charge is 0.352 e. The Hall–Kier alpha value is -1.02. The van der Waals surface area contributed by atoms with E-state index >= 15 is 0 Å². The number of likely N-dealkylation sites (tertiary alicyclic amines) is 1. The summed E-state index contributed by atoms with van der Waals surface area (Å²) >= 11 is 3.39. The number of halogens is 4. The molecular formula is C15H21BrF3N3O. The highest BCUT2D eigenvalue weighted by Crippen LogP contribution is 2.33. The van der Waals surface area contributed by atoms with Gasteiger partial charge in [-0.05, 0) is 41.9 Å². The SMILES string of the molecule is CN(CC(=O)N1CCC[C@H](C(F)(F)F)C1)Cc1cc(Br)cn1C. The Balaban J connectivity index is 1.89. The molecule has 1 aliphatic rings. The third kappa shape index (κ3) is 4.97. The number of piperidine rings is 1. The van der Waals surface area contributed by atoms with Crippen LogP contribution in [0.5, 0.6) is 0 Å². The highest BCUT2D eigenvalue weighted by atomic mass is 79.9. The van der Waals surface area contributed by atoms with E-state index in [1.807, 2.05) is 28.8 Å². The fourth-order valence-corrected chi connectivity index (χ4v) is 3.43. The number of hydrogen-bond acceptors (Lipinski definition) is 2. The van der Waals surface area contributed by atoms with Gasteiger partial charge in [0.15, 0.2) is 0 Å². The van der Waals surface area contributed by atoms with Crippen LogP contribution in [0.2, 0.25) is 0 Å². The summed E-state index contributed by atoms with van der Waals surface area (Å²) in [6.07, 6.45) is -1.78. The molecule has 8 heteroatoms. The molecule has 0 radical (unpaired) electrons. The van der Waals surface area contributed by atoms with E-state index in [2.05, 4.69) is 15.9 Å². The molecule has 1 atom stereocenters. The van der Waals surface area contributed by atoms with Crippen LogP contribution in [0, 0.1) is 5.92 Å². The first-order valence-electron chi connectivity index (χ1n) is 7.50. The van der Waals surface area contributed by atoms with Crippen molar-refractivity contribution in [1.82, 2.24) is 14.4 Å². The Kier molecular flexibility index (Phi) is 5.78. The molecule has 0 spiro atoms. The summed E-state index contributed by atoms with van der Waals surface area (Å²) in [5.41, 5.74) is 1.03. The van der Waals surface area contributed by atoms with Gasteiger partial charge in [0, 0.05) is 43.0 Å². The van der Waals surface area contributed by atoms with Gasteiger partial charge in [-0.1, -0.05) is 0 Å². The van der Waals surface area contributed by atoms with Crippen LogP contribution in [0.25, 0.3) is 0 Å². The maximum absolute atomic E-state index is 12.8. The number of alkyl halides is 3. The number of likely N-dealkylation sites (N-methyl/N-ethyl adjacent to an activating group) is 1. The molecule has 2 heterocycles. The van der Waals surface area contributed by atoms with Gasteiger partial charge in [0.25, 0.3) is 0 Å². The molecule has 130 valence electrons. The maximum atomic E-state index is 12.8. The van der Waals surface area contributed by atoms with Crippen molar-refractivity contribution in [2.24, 2.45) is 13.0 Å². The molecule has 0 unspecified atom stereocenters. The summed E-state index contributed by atoms with van der Waals surface area (Å²) in [4.78, 5) is 15.4. The fourth-order valence-electron chi connectivity index (χ4n) is 2.86. The van der Waals surface area contributed by atoms with E-state index in [1.54, 1.807) is 7.05 Å². The van der Waals surface area contributed by atoms with E-state index in [9.17, 15) is 18.0 Å². The van der Waals surface area contributed by atoms with Crippen molar-refractivity contribution in [2.45, 2.75) is 25.6 Å². The van der Waals surface area contributed by atoms with Crippen LogP contribution in [0.4, 0.5) is 13.2 Å². The zero-order chi connectivity index (χ0) is 17.2. The van der Waals surface area contributed by atoms with Crippen LogP contribution in [-0.4, -0.2) is 53.1 Å². The van der Waals surface area contributed by atoms with E-state index in [-0.39, 0.29) is 25.4 Å². The molecule has 0 saturated carbocycles. The molecule has 1 aliphatic heterocycles. The van der Waals surface area contributed by atoms with Gasteiger partial charge in [-0.3, -0.25) is 9.69 Å². The zero-order valence-corrected chi connectivity index (χ0v) is 14.8. The molecule has 4 nitrogen and oxygen atoms in total. The Morgan fingerprint density at radius 1 is 1.48 bits per heavy atom. The van der Waals surface area contributed by atoms with Gasteiger partial charge in [-0.25, -0.2) is 0 Å². The second-order valence-electron chi connectivity index (χ2n) is 6.15. The van der Waals surface area contributed by atoms with Gasteiger partial charge in [-0.2, -0.15) is 13.2 Å². The highest BCUT2D eigenvalue weighted by Gasteiger charge is 2.42. The van der Waals surface area contributed by atoms with Crippen molar-refractivity contribution in [1.29, 1.82) is 0 Å². The zero-order valence-electron chi connectivity index (χ0n) is 13.2. The standard InChI is InChI=1S/C15H21BrF3N3O/c1-20(9-13-6-12(16)8-21(13)2)10-14(23)22-5-3-4-11(7-22)15(17,18)19/h6,8,11H,3-5,7,9-10H2,1-2H3/t11-/m0/s1. The number of amides is 1. The quantitative estimate of drug-likeness (QED) is 0.783. The van der Waals surface area contributed by atoms with Gasteiger partial charge >= 0.3 is 6.18 Å². The van der Waals surface area contributed by atoms with E-state index in [0.717, 1.165) is 10.2 Å². The molecule has 1 aromatic heterocycles. The van der Waals surface area contributed by atoms with Crippen molar-refractivity contribution in [3.63, 3.8) is 0 Å². The summed E-state index contributed by atoms with van der Waals surface area (Å²) in [5, 5.41) is 0. The van der Waals surface area contributed by atoms with Gasteiger partial charge in [-0.15, -0.1) is 0 Å². The number of nitrogens with zero attached hydrogens (tertiary/aromatic N) is 3. The van der Waals surface area contributed by atoms with Gasteiger partial charge in [0.2, 0.25) is 5.91 Å². The van der Waals surface area contributed by atoms with Crippen LogP contribution >= 0.6 is 15.9 Å². The largest absolute Gasteiger partial charge is 0.393 e. The van der Waals surface area contributed by atoms with Crippen molar-refractivity contribution in [2.75, 3.05) is 26.7 Å². The molecule has 2 rings (SSSR count). The molecule has 0 bridgehead atoms. The molecule has 0 N–H and O–H groups in total. The molecule has 1 aromatic rings. The second kappa shape index (κ2) is 7.25. The van der Waals surface area contributed by atoms with Crippen molar-refractivity contribution >= 4 is 21.8 Å². The van der Waals surface area contributed by atoms with Crippen molar-refractivity contribution in [3.8, 4) is 0 Å². The Labute approximate surface area is 142 Å². The monoisotopic (exact) mass is 395 g/mol. The lowest BCUT2D eigenvalue weighted by Gasteiger charge is -2.34. The highest BCUT2D eigenvalue weighted by molar-refractivity contribution is 9.10. The van der Waals surface area contributed by atoms with E-state index in [0.29, 0.717) is 19.5 Å². The number of carbonyl (C=O) groups is 1. The van der Waals surface area contributed by atoms with E-state index < -0.39 is 12.1 Å². The number of aromatic nitrogens is 1. The molecule has 23 heavy (non-hydrogen) atoms. The minimum atomic E-state index is -4.22. The minimum absolute atomic E-state index is 0.112. The third-order valence-corrected chi connectivity index (χ3v) is 4.58. The average Bonchev–Trinajstić information content (AvgIpc) is 2.75. The van der Waals surface area contributed by atoms with Crippen LogP contribution in [0.1, 0.15) is 18.5 Å². The summed E-state index contributed by atoms with van der Waals surface area (Å²) in [5.74, 6) is -1.64. The summed E-state index contributed by atoms with van der Waals surface area (Å²) in [7, 11) is 3.71. The third-order valence-electron chi connectivity index (χ3n) is 4.15. The first-order chi connectivity index (χ1) is 10.7. The van der Waals surface area contributed by atoms with Crippen LogP contribution < -0.4 is 0 Å². The van der Waals surface area contributed by atoms with Crippen LogP contribution in [0.15, 0.2) is 16.7 Å². The maximum Gasteiger partial charge on any atom is 0.393 e. The van der Waals surface area contributed by atoms with Crippen molar-refractivity contribution < 1.29 is 18.0 Å². The predicted molar refractivity (Wildman–Crippen MR) is 84.8 cm³/mol. The lowest BCUT2D eigenvalue weighted by atomic mass is 9.97. The summed E-state index contributed by atoms with van der Waals surface area (Å²) in [6.45, 7) is 0.874. The average molecular weight is 396 g/mol. The predicted octanol–water partition coefficient (Wildman–Crippen LogP) is 3.02.